The number of hydrogen-bond donors (Lipinski definition) is 1. The van der Waals surface area contributed by atoms with E-state index in [-0.39, 0.29) is 5.71 Å². The minimum atomic E-state index is -0.628. The van der Waals surface area contributed by atoms with Gasteiger partial charge in [-0.25, -0.2) is 4.79 Å². The number of aliphatic imine (C=N–C) groups is 1. The Kier molecular flexibility index (Phi) is 4.10. The number of hydrogen-bond acceptors (Lipinski definition) is 3. The van der Waals surface area contributed by atoms with Crippen molar-refractivity contribution in [2.24, 2.45) is 4.99 Å². The number of nitrogens with one attached hydrogen (secondary N) is 1. The number of carbonyl (C=O) groups excluding carboxylic acids is 1. The SMILES string of the molecule is CCOC(=O)N=C(C)C(C)=N. The first kappa shape index (κ1) is 9.81. The van der Waals surface area contributed by atoms with Crippen LogP contribution in [0.3, 0.4) is 0 Å². The second-order valence-electron chi connectivity index (χ2n) is 2.02. The van der Waals surface area contributed by atoms with Crippen LogP contribution in [0.15, 0.2) is 4.99 Å². The van der Waals surface area contributed by atoms with Crippen LogP contribution in [0.2, 0.25) is 0 Å². The highest BCUT2D eigenvalue weighted by atomic mass is 16.5. The van der Waals surface area contributed by atoms with Crippen molar-refractivity contribution in [2.75, 3.05) is 6.61 Å². The molecule has 0 aromatic rings. The zero-order chi connectivity index (χ0) is 8.85. The summed E-state index contributed by atoms with van der Waals surface area (Å²) in [5.74, 6) is 0. The number of nitrogens with zero attached hydrogens (tertiary/aromatic N) is 1. The second-order valence-corrected chi connectivity index (χ2v) is 2.02. The quantitative estimate of drug-likeness (QED) is 0.618. The molecule has 11 heavy (non-hydrogen) atoms. The maximum atomic E-state index is 10.7. The van der Waals surface area contributed by atoms with E-state index in [2.05, 4.69) is 9.73 Å². The van der Waals surface area contributed by atoms with E-state index in [4.69, 9.17) is 5.41 Å². The fourth-order valence-corrected chi connectivity index (χ4v) is 0.377. The van der Waals surface area contributed by atoms with E-state index in [1.165, 1.54) is 0 Å². The first-order valence-electron chi connectivity index (χ1n) is 3.35. The lowest BCUT2D eigenvalue weighted by Gasteiger charge is -1.96. The van der Waals surface area contributed by atoms with Gasteiger partial charge in [-0.1, -0.05) is 0 Å². The molecule has 0 aliphatic carbocycles. The standard InChI is InChI=1S/C7H12N2O2/c1-4-11-7(10)9-6(3)5(2)8/h8H,4H2,1-3H3. The van der Waals surface area contributed by atoms with Crippen LogP contribution < -0.4 is 0 Å². The summed E-state index contributed by atoms with van der Waals surface area (Å²) < 4.78 is 4.54. The van der Waals surface area contributed by atoms with Crippen molar-refractivity contribution in [3.63, 3.8) is 0 Å². The topological polar surface area (TPSA) is 62.5 Å². The van der Waals surface area contributed by atoms with Crippen molar-refractivity contribution in [2.45, 2.75) is 20.8 Å². The Morgan fingerprint density at radius 2 is 2.09 bits per heavy atom. The molecule has 0 aromatic carbocycles. The zero-order valence-corrected chi connectivity index (χ0v) is 6.97. The van der Waals surface area contributed by atoms with Crippen molar-refractivity contribution in [1.82, 2.24) is 0 Å². The maximum absolute atomic E-state index is 10.7. The van der Waals surface area contributed by atoms with Crippen LogP contribution in [0, 0.1) is 5.41 Å². The molecule has 0 heterocycles. The Bertz CT molecular complexity index is 197. The van der Waals surface area contributed by atoms with Gasteiger partial charge in [0.15, 0.2) is 0 Å². The fraction of sp³-hybridized carbons (Fsp3) is 0.571. The van der Waals surface area contributed by atoms with Crippen molar-refractivity contribution in [1.29, 1.82) is 5.41 Å². The number of carbonyl (C=O) groups is 1. The average molecular weight is 156 g/mol. The first-order valence-corrected chi connectivity index (χ1v) is 3.35. The highest BCUT2D eigenvalue weighted by Gasteiger charge is 1.99. The highest BCUT2D eigenvalue weighted by molar-refractivity contribution is 6.40. The van der Waals surface area contributed by atoms with Gasteiger partial charge in [0.05, 0.1) is 12.3 Å². The zero-order valence-electron chi connectivity index (χ0n) is 6.97. The van der Waals surface area contributed by atoms with Gasteiger partial charge in [-0.2, -0.15) is 4.99 Å². The van der Waals surface area contributed by atoms with Gasteiger partial charge in [-0.3, -0.25) is 0 Å². The normalized spacial score (nSPS) is 11.0. The van der Waals surface area contributed by atoms with Crippen molar-refractivity contribution in [3.05, 3.63) is 0 Å². The van der Waals surface area contributed by atoms with Crippen LogP contribution in [0.5, 0.6) is 0 Å². The smallest absolute Gasteiger partial charge is 0.433 e. The van der Waals surface area contributed by atoms with Gasteiger partial charge in [-0.15, -0.1) is 0 Å². The minimum absolute atomic E-state index is 0.276. The van der Waals surface area contributed by atoms with E-state index in [0.29, 0.717) is 12.3 Å². The summed E-state index contributed by atoms with van der Waals surface area (Å²) in [7, 11) is 0. The molecule has 62 valence electrons. The molecule has 0 atom stereocenters. The Morgan fingerprint density at radius 1 is 1.55 bits per heavy atom. The van der Waals surface area contributed by atoms with Crippen LogP contribution >= 0.6 is 0 Å². The summed E-state index contributed by atoms with van der Waals surface area (Å²) in [6.45, 7) is 5.18. The molecule has 0 spiro atoms. The summed E-state index contributed by atoms with van der Waals surface area (Å²) in [6.07, 6.45) is -0.628. The lowest BCUT2D eigenvalue weighted by Crippen LogP contribution is -2.08. The molecule has 0 fully saturated rings. The molecular formula is C7H12N2O2. The van der Waals surface area contributed by atoms with Crippen molar-refractivity contribution in [3.8, 4) is 0 Å². The van der Waals surface area contributed by atoms with E-state index < -0.39 is 6.09 Å². The van der Waals surface area contributed by atoms with Gasteiger partial charge in [0.2, 0.25) is 0 Å². The third-order valence-electron chi connectivity index (χ3n) is 1.07. The van der Waals surface area contributed by atoms with Gasteiger partial charge in [-0.05, 0) is 20.8 Å². The Labute approximate surface area is 65.8 Å². The predicted octanol–water partition coefficient (Wildman–Crippen LogP) is 1.64. The van der Waals surface area contributed by atoms with Gasteiger partial charge >= 0.3 is 6.09 Å². The minimum Gasteiger partial charge on any atom is -0.448 e. The Balaban J connectivity index is 4.08. The maximum Gasteiger partial charge on any atom is 0.433 e. The molecule has 0 aliphatic heterocycles. The molecule has 4 nitrogen and oxygen atoms in total. The molecule has 0 aromatic heterocycles. The van der Waals surface area contributed by atoms with Gasteiger partial charge in [0.1, 0.15) is 0 Å². The van der Waals surface area contributed by atoms with E-state index in [1.54, 1.807) is 20.8 Å². The molecule has 0 aliphatic rings. The molecular weight excluding hydrogens is 144 g/mol. The number of ether oxygens (including phenoxy) is 1. The largest absolute Gasteiger partial charge is 0.448 e. The van der Waals surface area contributed by atoms with Crippen LogP contribution in [0.25, 0.3) is 0 Å². The third kappa shape index (κ3) is 4.25. The van der Waals surface area contributed by atoms with E-state index in [9.17, 15) is 4.79 Å². The van der Waals surface area contributed by atoms with E-state index >= 15 is 0 Å². The highest BCUT2D eigenvalue weighted by Crippen LogP contribution is 1.87. The first-order chi connectivity index (χ1) is 5.07. The average Bonchev–Trinajstić information content (AvgIpc) is 1.87. The number of rotatable bonds is 2. The predicted molar refractivity (Wildman–Crippen MR) is 43.5 cm³/mol. The Hall–Kier alpha value is -1.19. The van der Waals surface area contributed by atoms with Crippen LogP contribution in [-0.2, 0) is 4.74 Å². The molecule has 0 radical (unpaired) electrons. The van der Waals surface area contributed by atoms with E-state index in [1.807, 2.05) is 0 Å². The lowest BCUT2D eigenvalue weighted by atomic mass is 10.3. The monoisotopic (exact) mass is 156 g/mol. The molecule has 0 saturated heterocycles. The summed E-state index contributed by atoms with van der Waals surface area (Å²) >= 11 is 0. The summed E-state index contributed by atoms with van der Waals surface area (Å²) in [4.78, 5) is 14.1. The van der Waals surface area contributed by atoms with Crippen LogP contribution in [-0.4, -0.2) is 24.1 Å². The molecule has 4 heteroatoms. The van der Waals surface area contributed by atoms with Crippen molar-refractivity contribution < 1.29 is 9.53 Å². The van der Waals surface area contributed by atoms with Crippen molar-refractivity contribution >= 4 is 17.5 Å². The van der Waals surface area contributed by atoms with Crippen LogP contribution in [0.4, 0.5) is 4.79 Å². The summed E-state index contributed by atoms with van der Waals surface area (Å²) in [5.41, 5.74) is 0.668. The second kappa shape index (κ2) is 4.60. The Morgan fingerprint density at radius 3 is 2.45 bits per heavy atom. The van der Waals surface area contributed by atoms with Crippen LogP contribution in [0.1, 0.15) is 20.8 Å². The molecule has 0 bridgehead atoms. The lowest BCUT2D eigenvalue weighted by molar-refractivity contribution is 0.163. The molecule has 0 rings (SSSR count). The van der Waals surface area contributed by atoms with Gasteiger partial charge < -0.3 is 10.1 Å². The van der Waals surface area contributed by atoms with Gasteiger partial charge in [0.25, 0.3) is 0 Å². The molecule has 1 amide bonds. The third-order valence-corrected chi connectivity index (χ3v) is 1.07. The van der Waals surface area contributed by atoms with E-state index in [0.717, 1.165) is 0 Å². The molecule has 0 unspecified atom stereocenters. The summed E-state index contributed by atoms with van der Waals surface area (Å²) in [6, 6.07) is 0. The fourth-order valence-electron chi connectivity index (χ4n) is 0.377. The molecule has 0 saturated carbocycles. The number of amides is 1. The summed E-state index contributed by atoms with van der Waals surface area (Å²) in [5, 5.41) is 7.09. The van der Waals surface area contributed by atoms with Gasteiger partial charge in [0, 0.05) is 5.71 Å². The molecule has 1 N–H and O–H groups in total.